The molecule has 3 aromatic rings. The molecular weight excluding hydrogens is 446 g/mol. The van der Waals surface area contributed by atoms with Gasteiger partial charge in [-0.1, -0.05) is 94.5 Å². The first-order chi connectivity index (χ1) is 17.1. The van der Waals surface area contributed by atoms with E-state index in [1.165, 1.54) is 12.1 Å². The maximum atomic E-state index is 15.8. The molecule has 0 bridgehead atoms. The van der Waals surface area contributed by atoms with Gasteiger partial charge in [0, 0.05) is 11.1 Å². The van der Waals surface area contributed by atoms with Gasteiger partial charge in [0.25, 0.3) is 0 Å². The Kier molecular flexibility index (Phi) is 10.4. The fourth-order valence-corrected chi connectivity index (χ4v) is 4.08. The lowest BCUT2D eigenvalue weighted by atomic mass is 9.91. The van der Waals surface area contributed by atoms with E-state index in [4.69, 9.17) is 9.78 Å². The molecule has 0 aliphatic rings. The maximum Gasteiger partial charge on any atom is 0.376 e. The van der Waals surface area contributed by atoms with Crippen molar-refractivity contribution in [3.05, 3.63) is 83.4 Å². The van der Waals surface area contributed by atoms with Gasteiger partial charge in [0.05, 0.1) is 12.2 Å². The van der Waals surface area contributed by atoms with Crippen LogP contribution in [0.4, 0.5) is 8.78 Å². The number of benzene rings is 3. The van der Waals surface area contributed by atoms with Gasteiger partial charge in [0.2, 0.25) is 0 Å². The summed E-state index contributed by atoms with van der Waals surface area (Å²) in [5, 5.41) is 0. The van der Waals surface area contributed by atoms with E-state index in [1.54, 1.807) is 12.1 Å². The third kappa shape index (κ3) is 7.22. The Hall–Kier alpha value is -3.05. The monoisotopic (exact) mass is 480 g/mol. The molecular formula is C30H34F2O3. The van der Waals surface area contributed by atoms with Crippen LogP contribution in [0, 0.1) is 11.6 Å². The van der Waals surface area contributed by atoms with E-state index in [0.717, 1.165) is 62.5 Å². The van der Waals surface area contributed by atoms with Crippen molar-refractivity contribution in [3.63, 3.8) is 0 Å². The first-order valence-corrected chi connectivity index (χ1v) is 12.6. The Balaban J connectivity index is 1.93. The Morgan fingerprint density at radius 2 is 1.51 bits per heavy atom. The lowest BCUT2D eigenvalue weighted by Crippen LogP contribution is -2.10. The molecule has 186 valence electrons. The summed E-state index contributed by atoms with van der Waals surface area (Å²) in [4.78, 5) is 22.5. The normalized spacial score (nSPS) is 11.0. The fraction of sp³-hybridized carbons (Fsp3) is 0.367. The molecule has 3 aromatic carbocycles. The topological polar surface area (TPSA) is 35.5 Å². The van der Waals surface area contributed by atoms with E-state index in [-0.39, 0.29) is 23.3 Å². The first kappa shape index (κ1) is 26.6. The number of rotatable bonds is 13. The smallest absolute Gasteiger partial charge is 0.293 e. The van der Waals surface area contributed by atoms with Crippen LogP contribution < -0.4 is 0 Å². The molecule has 3 nitrogen and oxygen atoms in total. The summed E-state index contributed by atoms with van der Waals surface area (Å²) in [6.07, 6.45) is 7.75. The van der Waals surface area contributed by atoms with Crippen LogP contribution >= 0.6 is 0 Å². The Morgan fingerprint density at radius 1 is 0.800 bits per heavy atom. The van der Waals surface area contributed by atoms with Gasteiger partial charge in [-0.2, -0.15) is 4.89 Å². The maximum absolute atomic E-state index is 15.8. The molecule has 0 amide bonds. The van der Waals surface area contributed by atoms with E-state index >= 15 is 8.78 Å². The number of unbranched alkanes of at least 4 members (excludes halogenated alkanes) is 5. The number of halogens is 2. The van der Waals surface area contributed by atoms with E-state index in [9.17, 15) is 4.79 Å². The molecule has 0 aliphatic carbocycles. The summed E-state index contributed by atoms with van der Waals surface area (Å²) in [7, 11) is 0. The second-order valence-corrected chi connectivity index (χ2v) is 8.74. The molecule has 3 rings (SSSR count). The molecule has 0 spiro atoms. The van der Waals surface area contributed by atoms with Gasteiger partial charge in [-0.15, -0.1) is 0 Å². The minimum absolute atomic E-state index is 0.0335. The molecule has 0 radical (unpaired) electrons. The average Bonchev–Trinajstić information content (AvgIpc) is 2.87. The standard InChI is InChI=1S/C30H34F2O3/c1-3-5-7-12-20-34-35-30(33)26-19-18-24(23-14-10-8-11-15-23)28(29(26)32)25-17-16-22(21-27(25)31)13-9-6-4-2/h8,10-11,14-19,21H,3-7,9,12-13,20H2,1-2H3. The number of carbonyl (C=O) groups is 1. The van der Waals surface area contributed by atoms with Crippen LogP contribution in [0.2, 0.25) is 0 Å². The predicted octanol–water partition coefficient (Wildman–Crippen LogP) is 8.70. The van der Waals surface area contributed by atoms with E-state index in [1.807, 2.05) is 36.4 Å². The van der Waals surface area contributed by atoms with Crippen molar-refractivity contribution in [2.45, 2.75) is 65.2 Å². The molecule has 0 aromatic heterocycles. The zero-order valence-corrected chi connectivity index (χ0v) is 20.6. The molecule has 0 saturated carbocycles. The largest absolute Gasteiger partial charge is 0.376 e. The lowest BCUT2D eigenvalue weighted by Gasteiger charge is -2.15. The predicted molar refractivity (Wildman–Crippen MR) is 136 cm³/mol. The second kappa shape index (κ2) is 13.7. The van der Waals surface area contributed by atoms with Crippen LogP contribution in [0.3, 0.4) is 0 Å². The van der Waals surface area contributed by atoms with Gasteiger partial charge in [0.1, 0.15) is 11.6 Å². The van der Waals surface area contributed by atoms with Gasteiger partial charge < -0.3 is 0 Å². The molecule has 0 N–H and O–H groups in total. The molecule has 35 heavy (non-hydrogen) atoms. The van der Waals surface area contributed by atoms with E-state index in [0.29, 0.717) is 5.56 Å². The van der Waals surface area contributed by atoms with Gasteiger partial charge in [-0.25, -0.2) is 13.6 Å². The number of carbonyl (C=O) groups excluding carboxylic acids is 1. The van der Waals surface area contributed by atoms with Crippen molar-refractivity contribution in [2.75, 3.05) is 6.61 Å². The summed E-state index contributed by atoms with van der Waals surface area (Å²) < 4.78 is 31.1. The van der Waals surface area contributed by atoms with Crippen LogP contribution in [0.15, 0.2) is 60.7 Å². The van der Waals surface area contributed by atoms with E-state index < -0.39 is 17.6 Å². The van der Waals surface area contributed by atoms with Crippen molar-refractivity contribution in [1.82, 2.24) is 0 Å². The average molecular weight is 481 g/mol. The number of aryl methyl sites for hydroxylation is 1. The van der Waals surface area contributed by atoms with Crippen molar-refractivity contribution < 1.29 is 23.4 Å². The fourth-order valence-electron chi connectivity index (χ4n) is 4.08. The molecule has 0 fully saturated rings. The summed E-state index contributed by atoms with van der Waals surface area (Å²) in [5.74, 6) is -2.29. The Bertz CT molecular complexity index is 1100. The summed E-state index contributed by atoms with van der Waals surface area (Å²) in [6.45, 7) is 4.46. The highest BCUT2D eigenvalue weighted by Gasteiger charge is 2.24. The van der Waals surface area contributed by atoms with Crippen LogP contribution in [0.1, 0.15) is 74.7 Å². The highest BCUT2D eigenvalue weighted by Crippen LogP contribution is 2.37. The minimum Gasteiger partial charge on any atom is -0.293 e. The molecule has 5 heteroatoms. The number of hydrogen-bond donors (Lipinski definition) is 0. The molecule has 0 unspecified atom stereocenters. The SMILES string of the molecule is CCCCCCOOC(=O)c1ccc(-c2ccccc2)c(-c2ccc(CCCCC)cc2F)c1F. The minimum atomic E-state index is -0.935. The third-order valence-corrected chi connectivity index (χ3v) is 6.03. The van der Waals surface area contributed by atoms with Crippen molar-refractivity contribution >= 4 is 5.97 Å². The van der Waals surface area contributed by atoms with Gasteiger partial charge in [0.15, 0.2) is 0 Å². The second-order valence-electron chi connectivity index (χ2n) is 8.74. The first-order valence-electron chi connectivity index (χ1n) is 12.6. The molecule has 0 atom stereocenters. The Morgan fingerprint density at radius 3 is 2.23 bits per heavy atom. The molecule has 0 saturated heterocycles. The third-order valence-electron chi connectivity index (χ3n) is 6.03. The Labute approximate surface area is 207 Å². The summed E-state index contributed by atoms with van der Waals surface area (Å²) >= 11 is 0. The van der Waals surface area contributed by atoms with E-state index in [2.05, 4.69) is 13.8 Å². The van der Waals surface area contributed by atoms with Gasteiger partial charge in [-0.3, -0.25) is 4.89 Å². The zero-order chi connectivity index (χ0) is 25.0. The summed E-state index contributed by atoms with van der Waals surface area (Å²) in [5.41, 5.74) is 1.94. The zero-order valence-electron chi connectivity index (χ0n) is 20.6. The van der Waals surface area contributed by atoms with Crippen LogP contribution in [0.25, 0.3) is 22.3 Å². The quantitative estimate of drug-likeness (QED) is 0.139. The van der Waals surface area contributed by atoms with Crippen LogP contribution in [-0.4, -0.2) is 12.6 Å². The summed E-state index contributed by atoms with van der Waals surface area (Å²) in [6, 6.07) is 17.0. The highest BCUT2D eigenvalue weighted by atomic mass is 19.1. The van der Waals surface area contributed by atoms with Crippen molar-refractivity contribution in [2.24, 2.45) is 0 Å². The molecule has 0 heterocycles. The van der Waals surface area contributed by atoms with Gasteiger partial charge >= 0.3 is 5.97 Å². The van der Waals surface area contributed by atoms with Crippen molar-refractivity contribution in [3.8, 4) is 22.3 Å². The lowest BCUT2D eigenvalue weighted by molar-refractivity contribution is -0.241. The molecule has 0 aliphatic heterocycles. The highest BCUT2D eigenvalue weighted by molar-refractivity contribution is 5.95. The van der Waals surface area contributed by atoms with Gasteiger partial charge in [-0.05, 0) is 48.1 Å². The van der Waals surface area contributed by atoms with Crippen LogP contribution in [-0.2, 0) is 16.2 Å². The number of hydrogen-bond acceptors (Lipinski definition) is 3. The van der Waals surface area contributed by atoms with Crippen LogP contribution in [0.5, 0.6) is 0 Å². The van der Waals surface area contributed by atoms with Crippen molar-refractivity contribution in [1.29, 1.82) is 0 Å².